The monoisotopic (exact) mass is 309 g/mol. The molecule has 6 heteroatoms. The summed E-state index contributed by atoms with van der Waals surface area (Å²) < 4.78 is 7.51. The molecular formula is C12H12BrN3O2. The minimum Gasteiger partial charge on any atom is -0.461 e. The Hall–Kier alpha value is -1.69. The van der Waals surface area contributed by atoms with Gasteiger partial charge in [-0.05, 0) is 41.4 Å². The van der Waals surface area contributed by atoms with Gasteiger partial charge in [-0.3, -0.25) is 4.57 Å². The number of carbonyl (C=O) groups is 1. The van der Waals surface area contributed by atoms with Crippen LogP contribution in [0.5, 0.6) is 0 Å². The Bertz CT molecular complexity index is 580. The first-order chi connectivity index (χ1) is 8.61. The molecule has 2 heterocycles. The van der Waals surface area contributed by atoms with E-state index in [1.54, 1.807) is 30.2 Å². The van der Waals surface area contributed by atoms with Crippen LogP contribution in [0, 0.1) is 6.92 Å². The second-order valence-electron chi connectivity index (χ2n) is 3.68. The van der Waals surface area contributed by atoms with Crippen LogP contribution in [0.3, 0.4) is 0 Å². The zero-order chi connectivity index (χ0) is 13.1. The fourth-order valence-electron chi connectivity index (χ4n) is 1.42. The summed E-state index contributed by atoms with van der Waals surface area (Å²) in [5, 5.41) is 0. The lowest BCUT2D eigenvalue weighted by molar-refractivity contribution is 0.0520. The smallest absolute Gasteiger partial charge is 0.358 e. The highest BCUT2D eigenvalue weighted by atomic mass is 79.9. The molecule has 2 aromatic rings. The number of imidazole rings is 1. The van der Waals surface area contributed by atoms with Crippen LogP contribution in [0.1, 0.15) is 23.0 Å². The number of rotatable bonds is 3. The first kappa shape index (κ1) is 12.8. The number of ether oxygens (including phenoxy) is 1. The van der Waals surface area contributed by atoms with Gasteiger partial charge in [-0.2, -0.15) is 0 Å². The lowest BCUT2D eigenvalue weighted by Crippen LogP contribution is -2.04. The Morgan fingerprint density at radius 3 is 2.94 bits per heavy atom. The zero-order valence-corrected chi connectivity index (χ0v) is 11.6. The third-order valence-electron chi connectivity index (χ3n) is 2.36. The molecule has 0 N–H and O–H groups in total. The van der Waals surface area contributed by atoms with E-state index in [4.69, 9.17) is 4.74 Å². The molecule has 0 radical (unpaired) electrons. The van der Waals surface area contributed by atoms with Crippen molar-refractivity contribution in [2.75, 3.05) is 6.61 Å². The summed E-state index contributed by atoms with van der Waals surface area (Å²) in [4.78, 5) is 19.7. The van der Waals surface area contributed by atoms with Crippen molar-refractivity contribution in [1.82, 2.24) is 14.5 Å². The van der Waals surface area contributed by atoms with Crippen LogP contribution in [0.2, 0.25) is 0 Å². The minimum atomic E-state index is -0.426. The molecule has 0 bridgehead atoms. The van der Waals surface area contributed by atoms with Crippen LogP contribution >= 0.6 is 15.9 Å². The van der Waals surface area contributed by atoms with Crippen molar-refractivity contribution in [3.05, 3.63) is 40.5 Å². The fourth-order valence-corrected chi connectivity index (χ4v) is 1.64. The van der Waals surface area contributed by atoms with Crippen molar-refractivity contribution in [2.24, 2.45) is 0 Å². The Morgan fingerprint density at radius 2 is 2.28 bits per heavy atom. The van der Waals surface area contributed by atoms with E-state index in [0.29, 0.717) is 12.4 Å². The predicted octanol–water partition coefficient (Wildman–Crippen LogP) is 2.51. The molecule has 0 saturated carbocycles. The summed E-state index contributed by atoms with van der Waals surface area (Å²) >= 11 is 3.39. The number of hydrogen-bond acceptors (Lipinski definition) is 4. The average Bonchev–Trinajstić information content (AvgIpc) is 2.82. The number of nitrogens with zero attached hydrogens (tertiary/aromatic N) is 3. The number of halogens is 1. The van der Waals surface area contributed by atoms with Gasteiger partial charge in [0.1, 0.15) is 12.1 Å². The second kappa shape index (κ2) is 5.30. The van der Waals surface area contributed by atoms with E-state index in [-0.39, 0.29) is 5.69 Å². The van der Waals surface area contributed by atoms with Crippen LogP contribution < -0.4 is 0 Å². The van der Waals surface area contributed by atoms with Gasteiger partial charge in [0.15, 0.2) is 5.69 Å². The van der Waals surface area contributed by atoms with Gasteiger partial charge in [-0.15, -0.1) is 0 Å². The summed E-state index contributed by atoms with van der Waals surface area (Å²) in [6.45, 7) is 4.06. The molecule has 0 aliphatic heterocycles. The summed E-state index contributed by atoms with van der Waals surface area (Å²) in [7, 11) is 0. The lowest BCUT2D eigenvalue weighted by Gasteiger charge is -2.03. The highest BCUT2D eigenvalue weighted by Gasteiger charge is 2.11. The molecule has 0 saturated heterocycles. The SMILES string of the molecule is CCOC(=O)c1cn(-c2cc(C)c(Br)cn2)cn1. The summed E-state index contributed by atoms with van der Waals surface area (Å²) in [5.41, 5.74) is 1.34. The van der Waals surface area contributed by atoms with Crippen molar-refractivity contribution < 1.29 is 9.53 Å². The Kier molecular flexibility index (Phi) is 3.76. The summed E-state index contributed by atoms with van der Waals surface area (Å²) in [6, 6.07) is 1.90. The fraction of sp³-hybridized carbons (Fsp3) is 0.250. The number of esters is 1. The molecular weight excluding hydrogens is 298 g/mol. The highest BCUT2D eigenvalue weighted by Crippen LogP contribution is 2.17. The minimum absolute atomic E-state index is 0.277. The van der Waals surface area contributed by atoms with Gasteiger partial charge in [0, 0.05) is 16.9 Å². The molecule has 0 aliphatic rings. The van der Waals surface area contributed by atoms with Crippen molar-refractivity contribution in [3.8, 4) is 5.82 Å². The standard InChI is InChI=1S/C12H12BrN3O2/c1-3-18-12(17)10-6-16(7-15-10)11-4-8(2)9(13)5-14-11/h4-7H,3H2,1-2H3. The van der Waals surface area contributed by atoms with Crippen LogP contribution in [0.25, 0.3) is 5.82 Å². The van der Waals surface area contributed by atoms with E-state index in [1.807, 2.05) is 13.0 Å². The van der Waals surface area contributed by atoms with E-state index < -0.39 is 5.97 Å². The van der Waals surface area contributed by atoms with Crippen LogP contribution in [-0.4, -0.2) is 27.1 Å². The molecule has 0 amide bonds. The van der Waals surface area contributed by atoms with Crippen molar-refractivity contribution in [3.63, 3.8) is 0 Å². The molecule has 5 nitrogen and oxygen atoms in total. The quantitative estimate of drug-likeness (QED) is 0.817. The Morgan fingerprint density at radius 1 is 1.50 bits per heavy atom. The molecule has 2 rings (SSSR count). The van der Waals surface area contributed by atoms with E-state index in [2.05, 4.69) is 25.9 Å². The van der Waals surface area contributed by atoms with Crippen LogP contribution in [-0.2, 0) is 4.74 Å². The van der Waals surface area contributed by atoms with Gasteiger partial charge in [0.2, 0.25) is 0 Å². The van der Waals surface area contributed by atoms with E-state index in [0.717, 1.165) is 10.0 Å². The largest absolute Gasteiger partial charge is 0.461 e. The maximum absolute atomic E-state index is 11.5. The molecule has 18 heavy (non-hydrogen) atoms. The number of pyridine rings is 1. The summed E-state index contributed by atoms with van der Waals surface area (Å²) in [5.74, 6) is 0.281. The number of aryl methyl sites for hydroxylation is 1. The van der Waals surface area contributed by atoms with Gasteiger partial charge < -0.3 is 4.74 Å². The lowest BCUT2D eigenvalue weighted by atomic mass is 10.3. The first-order valence-corrected chi connectivity index (χ1v) is 6.24. The third kappa shape index (κ3) is 2.59. The zero-order valence-electron chi connectivity index (χ0n) is 10.1. The number of hydrogen-bond donors (Lipinski definition) is 0. The van der Waals surface area contributed by atoms with Crippen molar-refractivity contribution in [2.45, 2.75) is 13.8 Å². The molecule has 0 spiro atoms. The summed E-state index contributed by atoms with van der Waals surface area (Å²) in [6.07, 6.45) is 4.87. The molecule has 0 unspecified atom stereocenters. The molecule has 0 aliphatic carbocycles. The first-order valence-electron chi connectivity index (χ1n) is 5.45. The molecule has 94 valence electrons. The Labute approximate surface area is 113 Å². The Balaban J connectivity index is 2.29. The average molecular weight is 310 g/mol. The molecule has 2 aromatic heterocycles. The second-order valence-corrected chi connectivity index (χ2v) is 4.53. The van der Waals surface area contributed by atoms with Crippen LogP contribution in [0.4, 0.5) is 0 Å². The predicted molar refractivity (Wildman–Crippen MR) is 69.8 cm³/mol. The van der Waals surface area contributed by atoms with Gasteiger partial charge in [-0.1, -0.05) is 0 Å². The van der Waals surface area contributed by atoms with Gasteiger partial charge in [0.25, 0.3) is 0 Å². The van der Waals surface area contributed by atoms with Crippen LogP contribution in [0.15, 0.2) is 29.3 Å². The maximum atomic E-state index is 11.5. The molecule has 0 fully saturated rings. The van der Waals surface area contributed by atoms with Gasteiger partial charge in [0.05, 0.1) is 6.61 Å². The third-order valence-corrected chi connectivity index (χ3v) is 3.19. The van der Waals surface area contributed by atoms with Crippen molar-refractivity contribution >= 4 is 21.9 Å². The maximum Gasteiger partial charge on any atom is 0.358 e. The number of carbonyl (C=O) groups excluding carboxylic acids is 1. The normalized spacial score (nSPS) is 10.4. The van der Waals surface area contributed by atoms with Gasteiger partial charge in [-0.25, -0.2) is 14.8 Å². The number of aromatic nitrogens is 3. The van der Waals surface area contributed by atoms with E-state index in [1.165, 1.54) is 0 Å². The van der Waals surface area contributed by atoms with Crippen molar-refractivity contribution in [1.29, 1.82) is 0 Å². The molecule has 0 atom stereocenters. The van der Waals surface area contributed by atoms with Gasteiger partial charge >= 0.3 is 5.97 Å². The van der Waals surface area contributed by atoms with E-state index >= 15 is 0 Å². The highest BCUT2D eigenvalue weighted by molar-refractivity contribution is 9.10. The topological polar surface area (TPSA) is 57.0 Å². The molecule has 0 aromatic carbocycles. The van der Waals surface area contributed by atoms with E-state index in [9.17, 15) is 4.79 Å².